The third-order valence-corrected chi connectivity index (χ3v) is 5.09. The van der Waals surface area contributed by atoms with Crippen molar-refractivity contribution in [2.45, 2.75) is 19.6 Å². The first kappa shape index (κ1) is 18.0. The van der Waals surface area contributed by atoms with Gasteiger partial charge in [-0.15, -0.1) is 0 Å². The van der Waals surface area contributed by atoms with Crippen LogP contribution in [-0.2, 0) is 26.7 Å². The van der Waals surface area contributed by atoms with Crippen molar-refractivity contribution in [2.75, 3.05) is 7.05 Å². The fourth-order valence-electron chi connectivity index (χ4n) is 2.74. The number of aromatic nitrogens is 3. The normalized spacial score (nSPS) is 11.2. The SMILES string of the molecule is CN(Cc1ccc(Br)cc1)Cn1nc(Cc2ccccc2)n(C)c1=S. The summed E-state index contributed by atoms with van der Waals surface area (Å²) >= 11 is 9.03. The van der Waals surface area contributed by atoms with Crippen LogP contribution in [0.5, 0.6) is 0 Å². The van der Waals surface area contributed by atoms with Gasteiger partial charge in [-0.2, -0.15) is 5.10 Å². The highest BCUT2D eigenvalue weighted by molar-refractivity contribution is 9.10. The molecule has 0 atom stereocenters. The van der Waals surface area contributed by atoms with Crippen LogP contribution in [0.3, 0.4) is 0 Å². The van der Waals surface area contributed by atoms with Crippen LogP contribution in [0.4, 0.5) is 0 Å². The average molecular weight is 417 g/mol. The van der Waals surface area contributed by atoms with Crippen molar-refractivity contribution < 1.29 is 0 Å². The Morgan fingerprint density at radius 1 is 1.04 bits per heavy atom. The van der Waals surface area contributed by atoms with E-state index < -0.39 is 0 Å². The second kappa shape index (κ2) is 8.08. The summed E-state index contributed by atoms with van der Waals surface area (Å²) < 4.78 is 5.73. The molecular weight excluding hydrogens is 396 g/mol. The van der Waals surface area contributed by atoms with Crippen molar-refractivity contribution in [1.29, 1.82) is 0 Å². The Kier molecular flexibility index (Phi) is 5.83. The highest BCUT2D eigenvalue weighted by atomic mass is 79.9. The summed E-state index contributed by atoms with van der Waals surface area (Å²) in [6.45, 7) is 1.51. The lowest BCUT2D eigenvalue weighted by atomic mass is 10.1. The first-order chi connectivity index (χ1) is 12.0. The molecule has 0 radical (unpaired) electrons. The number of hydrogen-bond donors (Lipinski definition) is 0. The van der Waals surface area contributed by atoms with Gasteiger partial charge in [0, 0.05) is 24.5 Å². The summed E-state index contributed by atoms with van der Waals surface area (Å²) in [6, 6.07) is 18.7. The molecule has 0 fully saturated rings. The Hall–Kier alpha value is -1.76. The van der Waals surface area contributed by atoms with Gasteiger partial charge in [-0.1, -0.05) is 58.4 Å². The molecule has 0 spiro atoms. The molecule has 0 saturated heterocycles. The summed E-state index contributed by atoms with van der Waals surface area (Å²) in [5.74, 6) is 0.980. The van der Waals surface area contributed by atoms with Crippen molar-refractivity contribution in [3.63, 3.8) is 0 Å². The van der Waals surface area contributed by atoms with Crippen LogP contribution in [0.2, 0.25) is 0 Å². The Morgan fingerprint density at radius 3 is 2.40 bits per heavy atom. The van der Waals surface area contributed by atoms with Gasteiger partial charge >= 0.3 is 0 Å². The van der Waals surface area contributed by atoms with E-state index in [9.17, 15) is 0 Å². The third-order valence-electron chi connectivity index (χ3n) is 4.08. The summed E-state index contributed by atoms with van der Waals surface area (Å²) in [4.78, 5) is 2.21. The second-order valence-corrected chi connectivity index (χ2v) is 7.48. The zero-order valence-electron chi connectivity index (χ0n) is 14.4. The highest BCUT2D eigenvalue weighted by Gasteiger charge is 2.10. The Labute approximate surface area is 161 Å². The molecule has 1 heterocycles. The van der Waals surface area contributed by atoms with Crippen LogP contribution < -0.4 is 0 Å². The predicted molar refractivity (Wildman–Crippen MR) is 107 cm³/mol. The molecule has 3 aromatic rings. The van der Waals surface area contributed by atoms with Gasteiger partial charge in [-0.05, 0) is 42.5 Å². The van der Waals surface area contributed by atoms with Crippen LogP contribution in [0.1, 0.15) is 17.0 Å². The molecule has 0 aliphatic rings. The lowest BCUT2D eigenvalue weighted by Crippen LogP contribution is -2.22. The van der Waals surface area contributed by atoms with Gasteiger partial charge in [0.15, 0.2) is 4.77 Å². The maximum Gasteiger partial charge on any atom is 0.198 e. The second-order valence-electron chi connectivity index (χ2n) is 6.20. The minimum absolute atomic E-state index is 0.664. The largest absolute Gasteiger partial charge is 0.307 e. The predicted octanol–water partition coefficient (Wildman–Crippen LogP) is 4.39. The van der Waals surface area contributed by atoms with Crippen LogP contribution in [0.25, 0.3) is 0 Å². The van der Waals surface area contributed by atoms with E-state index in [4.69, 9.17) is 17.3 Å². The molecule has 0 bridgehead atoms. The monoisotopic (exact) mass is 416 g/mol. The quantitative estimate of drug-likeness (QED) is 0.557. The lowest BCUT2D eigenvalue weighted by Gasteiger charge is -2.16. The molecule has 25 heavy (non-hydrogen) atoms. The molecule has 1 aromatic heterocycles. The molecule has 0 amide bonds. The van der Waals surface area contributed by atoms with Gasteiger partial charge in [0.1, 0.15) is 5.82 Å². The fourth-order valence-corrected chi connectivity index (χ4v) is 3.21. The summed E-state index contributed by atoms with van der Waals surface area (Å²) in [7, 11) is 4.06. The molecular formula is C19H21BrN4S. The summed E-state index contributed by atoms with van der Waals surface area (Å²) in [5, 5.41) is 4.73. The highest BCUT2D eigenvalue weighted by Crippen LogP contribution is 2.13. The van der Waals surface area contributed by atoms with Gasteiger partial charge in [-0.3, -0.25) is 4.90 Å². The van der Waals surface area contributed by atoms with Gasteiger partial charge < -0.3 is 4.57 Å². The van der Waals surface area contributed by atoms with E-state index in [0.29, 0.717) is 6.67 Å². The number of hydrogen-bond acceptors (Lipinski definition) is 3. The van der Waals surface area contributed by atoms with Crippen LogP contribution in [-0.4, -0.2) is 26.3 Å². The average Bonchev–Trinajstić information content (AvgIpc) is 2.86. The van der Waals surface area contributed by atoms with E-state index in [-0.39, 0.29) is 0 Å². The van der Waals surface area contributed by atoms with Crippen molar-refractivity contribution in [2.24, 2.45) is 7.05 Å². The smallest absolute Gasteiger partial charge is 0.198 e. The maximum absolute atomic E-state index is 5.56. The standard InChI is InChI=1S/C19H21BrN4S/c1-22(13-16-8-10-17(20)11-9-16)14-24-19(25)23(2)18(21-24)12-15-6-4-3-5-7-15/h3-11H,12-14H2,1-2H3. The minimum Gasteiger partial charge on any atom is -0.307 e. The van der Waals surface area contributed by atoms with Gasteiger partial charge in [0.05, 0.1) is 6.67 Å². The molecule has 0 aliphatic heterocycles. The van der Waals surface area contributed by atoms with E-state index >= 15 is 0 Å². The van der Waals surface area contributed by atoms with Crippen molar-refractivity contribution in [1.82, 2.24) is 19.2 Å². The molecule has 4 nitrogen and oxygen atoms in total. The van der Waals surface area contributed by atoms with Gasteiger partial charge in [0.25, 0.3) is 0 Å². The molecule has 2 aromatic carbocycles. The Bertz CT molecular complexity index is 884. The molecule has 0 saturated carbocycles. The zero-order valence-corrected chi connectivity index (χ0v) is 16.8. The third kappa shape index (κ3) is 4.66. The van der Waals surface area contributed by atoms with Crippen molar-refractivity contribution in [3.05, 3.63) is 80.8 Å². The summed E-state index contributed by atoms with van der Waals surface area (Å²) in [6.07, 6.45) is 0.782. The molecule has 0 aliphatic carbocycles. The molecule has 3 rings (SSSR count). The van der Waals surface area contributed by atoms with Crippen LogP contribution in [0.15, 0.2) is 59.1 Å². The molecule has 0 unspecified atom stereocenters. The Morgan fingerprint density at radius 2 is 1.72 bits per heavy atom. The van der Waals surface area contributed by atoms with Crippen molar-refractivity contribution in [3.8, 4) is 0 Å². The van der Waals surface area contributed by atoms with E-state index in [0.717, 1.165) is 28.0 Å². The number of nitrogens with zero attached hydrogens (tertiary/aromatic N) is 4. The molecule has 6 heteroatoms. The van der Waals surface area contributed by atoms with Crippen LogP contribution in [0, 0.1) is 4.77 Å². The van der Waals surface area contributed by atoms with E-state index in [2.05, 4.69) is 64.3 Å². The first-order valence-electron chi connectivity index (χ1n) is 8.12. The fraction of sp³-hybridized carbons (Fsp3) is 0.263. The minimum atomic E-state index is 0.664. The first-order valence-corrected chi connectivity index (χ1v) is 9.32. The zero-order chi connectivity index (χ0) is 17.8. The van der Waals surface area contributed by atoms with E-state index in [1.807, 2.05) is 34.5 Å². The number of rotatable bonds is 6. The maximum atomic E-state index is 5.56. The van der Waals surface area contributed by atoms with Gasteiger partial charge in [-0.25, -0.2) is 4.68 Å². The Balaban J connectivity index is 1.71. The number of benzene rings is 2. The number of halogens is 1. The van der Waals surface area contributed by atoms with E-state index in [1.165, 1.54) is 11.1 Å². The van der Waals surface area contributed by atoms with Crippen molar-refractivity contribution >= 4 is 28.1 Å². The van der Waals surface area contributed by atoms with Gasteiger partial charge in [0.2, 0.25) is 0 Å². The van der Waals surface area contributed by atoms with E-state index in [1.54, 1.807) is 0 Å². The molecule has 130 valence electrons. The molecule has 0 N–H and O–H groups in total. The lowest BCUT2D eigenvalue weighted by molar-refractivity contribution is 0.243. The topological polar surface area (TPSA) is 26.0 Å². The summed E-state index contributed by atoms with van der Waals surface area (Å²) in [5.41, 5.74) is 2.50. The van der Waals surface area contributed by atoms with Crippen LogP contribution >= 0.6 is 28.1 Å².